The van der Waals surface area contributed by atoms with Crippen molar-refractivity contribution in [3.8, 4) is 11.8 Å². The summed E-state index contributed by atoms with van der Waals surface area (Å²) < 4.78 is 55.6. The molecular formula is C16H13F2N5O. The van der Waals surface area contributed by atoms with E-state index in [-0.39, 0.29) is 28.3 Å². The first-order valence-corrected chi connectivity index (χ1v) is 6.87. The first kappa shape index (κ1) is 12.2. The second-order valence-corrected chi connectivity index (χ2v) is 5.03. The molecule has 2 aromatic heterocycles. The number of anilines is 1. The minimum Gasteiger partial charge on any atom is -0.496 e. The van der Waals surface area contributed by atoms with Crippen molar-refractivity contribution in [2.45, 2.75) is 13.0 Å². The number of benzene rings is 1. The number of rotatable bonds is 4. The van der Waals surface area contributed by atoms with Gasteiger partial charge in [-0.25, -0.2) is 18.3 Å². The first-order valence-electron chi connectivity index (χ1n) is 8.37. The number of hydrogen-bond acceptors (Lipinski definition) is 5. The molecule has 0 fully saturated rings. The third-order valence-corrected chi connectivity index (χ3v) is 3.47. The van der Waals surface area contributed by atoms with Crippen molar-refractivity contribution in [2.75, 3.05) is 12.4 Å². The van der Waals surface area contributed by atoms with Gasteiger partial charge < -0.3 is 10.1 Å². The molecule has 2 heterocycles. The lowest BCUT2D eigenvalue weighted by molar-refractivity contribution is 0.406. The van der Waals surface area contributed by atoms with E-state index in [4.69, 9.17) is 14.1 Å². The van der Waals surface area contributed by atoms with Gasteiger partial charge in [0.2, 0.25) is 0 Å². The number of fused-ring (bicyclic) bond motifs is 1. The Morgan fingerprint density at radius 1 is 1.46 bits per heavy atom. The molecule has 6 nitrogen and oxygen atoms in total. The van der Waals surface area contributed by atoms with Gasteiger partial charge in [-0.05, 0) is 25.1 Å². The number of hydrogen-bond donors (Lipinski definition) is 1. The highest BCUT2D eigenvalue weighted by molar-refractivity contribution is 5.58. The van der Waals surface area contributed by atoms with Crippen LogP contribution in [0.4, 0.5) is 14.6 Å². The van der Waals surface area contributed by atoms with Gasteiger partial charge in [0.25, 0.3) is 0 Å². The average molecular weight is 332 g/mol. The zero-order valence-corrected chi connectivity index (χ0v) is 12.4. The van der Waals surface area contributed by atoms with Gasteiger partial charge in [-0.3, -0.25) is 0 Å². The minimum atomic E-state index is -2.73. The van der Waals surface area contributed by atoms with Crippen LogP contribution in [0.15, 0.2) is 30.6 Å². The second kappa shape index (κ2) is 6.12. The van der Waals surface area contributed by atoms with Crippen LogP contribution in [0.3, 0.4) is 0 Å². The van der Waals surface area contributed by atoms with Gasteiger partial charge >= 0.3 is 0 Å². The maximum atomic E-state index is 14.3. The SMILES string of the molecule is [2H]C([2H])([2H])Oc1ccc(F)cc1[C@@H](C)Nc1nc2c(C#N)cnn2cc1F. The molecule has 3 aromatic rings. The zero-order chi connectivity index (χ0) is 19.8. The zero-order valence-electron chi connectivity index (χ0n) is 15.4. The first-order chi connectivity index (χ1) is 12.7. The lowest BCUT2D eigenvalue weighted by atomic mass is 10.1. The van der Waals surface area contributed by atoms with Gasteiger partial charge in [0.15, 0.2) is 17.3 Å². The molecule has 1 aromatic carbocycles. The summed E-state index contributed by atoms with van der Waals surface area (Å²) in [6, 6.07) is 4.48. The highest BCUT2D eigenvalue weighted by Gasteiger charge is 2.17. The fourth-order valence-corrected chi connectivity index (χ4v) is 2.30. The maximum Gasteiger partial charge on any atom is 0.183 e. The molecule has 0 saturated heterocycles. The molecular weight excluding hydrogens is 316 g/mol. The number of nitriles is 1. The van der Waals surface area contributed by atoms with E-state index in [1.807, 2.05) is 6.07 Å². The molecule has 1 atom stereocenters. The van der Waals surface area contributed by atoms with Crippen LogP contribution in [0.1, 0.15) is 28.2 Å². The lowest BCUT2D eigenvalue weighted by Crippen LogP contribution is -2.12. The number of aromatic nitrogens is 3. The standard InChI is InChI=1S/C16H13F2N5O/c1-9(12-5-11(17)3-4-14(12)24-2)21-15-13(18)8-23-16(22-15)10(6-19)7-20-23/h3-5,7-9H,1-2H3,(H,21,22)/t9-/m1/s1/i2D3. The van der Waals surface area contributed by atoms with E-state index < -0.39 is 24.7 Å². The van der Waals surface area contributed by atoms with Gasteiger partial charge in [-0.2, -0.15) is 10.4 Å². The van der Waals surface area contributed by atoms with Crippen LogP contribution in [-0.2, 0) is 0 Å². The van der Waals surface area contributed by atoms with Crippen LogP contribution < -0.4 is 10.1 Å². The Balaban J connectivity index is 1.97. The Kier molecular flexibility index (Phi) is 3.12. The summed E-state index contributed by atoms with van der Waals surface area (Å²) in [5.41, 5.74) is 0.468. The number of nitrogens with one attached hydrogen (secondary N) is 1. The van der Waals surface area contributed by atoms with E-state index in [1.165, 1.54) is 12.3 Å². The summed E-state index contributed by atoms with van der Waals surface area (Å²) >= 11 is 0. The second-order valence-electron chi connectivity index (χ2n) is 5.03. The van der Waals surface area contributed by atoms with Crippen molar-refractivity contribution in [1.82, 2.24) is 14.6 Å². The van der Waals surface area contributed by atoms with Crippen LogP contribution in [0.5, 0.6) is 5.75 Å². The monoisotopic (exact) mass is 332 g/mol. The predicted octanol–water partition coefficient (Wildman–Crippen LogP) is 3.06. The maximum absolute atomic E-state index is 14.3. The molecule has 1 N–H and O–H groups in total. The summed E-state index contributed by atoms with van der Waals surface area (Å²) in [6.07, 6.45) is 2.30. The van der Waals surface area contributed by atoms with E-state index in [1.54, 1.807) is 6.92 Å². The van der Waals surface area contributed by atoms with Gasteiger partial charge in [0.1, 0.15) is 23.2 Å². The average Bonchev–Trinajstić information content (AvgIpc) is 2.97. The van der Waals surface area contributed by atoms with Crippen molar-refractivity contribution in [3.63, 3.8) is 0 Å². The lowest BCUT2D eigenvalue weighted by Gasteiger charge is -2.18. The summed E-state index contributed by atoms with van der Waals surface area (Å²) in [5, 5.41) is 15.6. The van der Waals surface area contributed by atoms with Crippen molar-refractivity contribution >= 4 is 11.5 Å². The van der Waals surface area contributed by atoms with Gasteiger partial charge in [-0.15, -0.1) is 0 Å². The summed E-state index contributed by atoms with van der Waals surface area (Å²) in [4.78, 5) is 4.04. The van der Waals surface area contributed by atoms with Crippen LogP contribution in [0.2, 0.25) is 0 Å². The molecule has 8 heteroatoms. The Morgan fingerprint density at radius 2 is 2.29 bits per heavy atom. The molecule has 3 rings (SSSR count). The fourth-order valence-electron chi connectivity index (χ4n) is 2.30. The predicted molar refractivity (Wildman–Crippen MR) is 82.6 cm³/mol. The number of nitrogens with zero attached hydrogens (tertiary/aromatic N) is 4. The van der Waals surface area contributed by atoms with Crippen molar-refractivity contribution in [3.05, 3.63) is 53.4 Å². The van der Waals surface area contributed by atoms with Crippen LogP contribution in [0.25, 0.3) is 5.65 Å². The van der Waals surface area contributed by atoms with Gasteiger partial charge in [-0.1, -0.05) is 0 Å². The van der Waals surface area contributed by atoms with Crippen molar-refractivity contribution < 1.29 is 17.6 Å². The molecule has 0 unspecified atom stereocenters. The molecule has 0 aliphatic heterocycles. The molecule has 0 spiro atoms. The largest absolute Gasteiger partial charge is 0.496 e. The number of halogens is 2. The van der Waals surface area contributed by atoms with E-state index in [2.05, 4.69) is 15.4 Å². The van der Waals surface area contributed by atoms with E-state index in [0.717, 1.165) is 22.8 Å². The number of ether oxygens (including phenoxy) is 1. The Bertz CT molecular complexity index is 1040. The van der Waals surface area contributed by atoms with Crippen LogP contribution in [0, 0.1) is 23.0 Å². The topological polar surface area (TPSA) is 75.2 Å². The third kappa shape index (κ3) is 2.72. The highest BCUT2D eigenvalue weighted by atomic mass is 19.1. The summed E-state index contributed by atoms with van der Waals surface area (Å²) in [5.74, 6) is -1.63. The van der Waals surface area contributed by atoms with Gasteiger partial charge in [0.05, 0.1) is 29.6 Å². The summed E-state index contributed by atoms with van der Waals surface area (Å²) in [7, 11) is -2.73. The molecule has 0 radical (unpaired) electrons. The normalized spacial score (nSPS) is 14.3. The fraction of sp³-hybridized carbons (Fsp3) is 0.188. The summed E-state index contributed by atoms with van der Waals surface area (Å²) in [6.45, 7) is 1.56. The molecule has 0 amide bonds. The molecule has 0 aliphatic carbocycles. The molecule has 0 aliphatic rings. The van der Waals surface area contributed by atoms with E-state index in [9.17, 15) is 8.78 Å². The minimum absolute atomic E-state index is 0.0695. The Hall–Kier alpha value is -3.21. The number of methoxy groups -OCH3 is 1. The molecule has 24 heavy (non-hydrogen) atoms. The molecule has 0 saturated carbocycles. The Morgan fingerprint density at radius 3 is 3.04 bits per heavy atom. The van der Waals surface area contributed by atoms with Crippen LogP contribution >= 0.6 is 0 Å². The smallest absolute Gasteiger partial charge is 0.183 e. The van der Waals surface area contributed by atoms with Crippen molar-refractivity contribution in [2.24, 2.45) is 0 Å². The highest BCUT2D eigenvalue weighted by Crippen LogP contribution is 2.29. The third-order valence-electron chi connectivity index (χ3n) is 3.47. The van der Waals surface area contributed by atoms with Crippen LogP contribution in [-0.4, -0.2) is 21.6 Å². The molecule has 0 bridgehead atoms. The van der Waals surface area contributed by atoms with E-state index >= 15 is 0 Å². The molecule has 122 valence electrons. The van der Waals surface area contributed by atoms with E-state index in [0.29, 0.717) is 0 Å². The quantitative estimate of drug-likeness (QED) is 0.795. The van der Waals surface area contributed by atoms with Crippen molar-refractivity contribution in [1.29, 1.82) is 5.26 Å². The van der Waals surface area contributed by atoms with Gasteiger partial charge in [0, 0.05) is 5.56 Å². The Labute approximate surface area is 140 Å².